The van der Waals surface area contributed by atoms with Gasteiger partial charge >= 0.3 is 0 Å². The van der Waals surface area contributed by atoms with Crippen LogP contribution in [0.5, 0.6) is 0 Å². The molecule has 5 aromatic carbocycles. The van der Waals surface area contributed by atoms with Gasteiger partial charge in [-0.25, -0.2) is 0 Å². The molecule has 6 aromatic rings. The largest absolute Gasteiger partial charge is 0.326 e. The maximum absolute atomic E-state index is 6.04. The molecule has 1 aliphatic carbocycles. The van der Waals surface area contributed by atoms with Crippen molar-refractivity contribution in [2.45, 2.75) is 25.8 Å². The molecule has 0 saturated carbocycles. The Bertz CT molecular complexity index is 1790. The Hall–Kier alpha value is -4.14. The van der Waals surface area contributed by atoms with Gasteiger partial charge in [0.15, 0.2) is 0 Å². The van der Waals surface area contributed by atoms with Crippen LogP contribution in [0.3, 0.4) is 0 Å². The molecule has 174 valence electrons. The van der Waals surface area contributed by atoms with Crippen LogP contribution < -0.4 is 5.73 Å². The summed E-state index contributed by atoms with van der Waals surface area (Å²) >= 11 is 0. The summed E-state index contributed by atoms with van der Waals surface area (Å²) in [5, 5.41) is 2.62. The van der Waals surface area contributed by atoms with Crippen molar-refractivity contribution in [3.05, 3.63) is 126 Å². The van der Waals surface area contributed by atoms with Gasteiger partial charge in [-0.15, -0.1) is 0 Å². The lowest BCUT2D eigenvalue weighted by Crippen LogP contribution is -2.14. The average Bonchev–Trinajstić information content (AvgIpc) is 3.38. The van der Waals surface area contributed by atoms with Crippen LogP contribution in [0, 0.1) is 0 Å². The lowest BCUT2D eigenvalue weighted by molar-refractivity contribution is 0.661. The molecule has 0 bridgehead atoms. The van der Waals surface area contributed by atoms with E-state index in [4.69, 9.17) is 5.73 Å². The number of nitrogens with two attached hydrogens (primary N) is 1. The molecule has 2 N–H and O–H groups in total. The van der Waals surface area contributed by atoms with Crippen molar-refractivity contribution in [2.24, 2.45) is 5.73 Å². The highest BCUT2D eigenvalue weighted by Gasteiger charge is 2.37. The van der Waals surface area contributed by atoms with E-state index in [1.807, 2.05) is 0 Å². The number of benzene rings is 5. The van der Waals surface area contributed by atoms with Gasteiger partial charge in [-0.05, 0) is 63.2 Å². The predicted octanol–water partition coefficient (Wildman–Crippen LogP) is 8.22. The normalized spacial score (nSPS) is 13.8. The SMILES string of the molecule is CC1(C)c2ccccc2-c2c1ccc1c2c2ccc(-c3ccccc3)cc2n1-c1cccc(CN)c1. The first-order chi connectivity index (χ1) is 17.6. The Morgan fingerprint density at radius 3 is 2.31 bits per heavy atom. The van der Waals surface area contributed by atoms with Gasteiger partial charge in [0, 0.05) is 28.4 Å². The summed E-state index contributed by atoms with van der Waals surface area (Å²) in [6.07, 6.45) is 0. The van der Waals surface area contributed by atoms with E-state index in [0.717, 1.165) is 11.3 Å². The standard InChI is InChI=1S/C34H28N2/c1-34(2)28-14-7-6-13-26(28)32-29(34)17-18-30-33(32)27-16-15-24(23-10-4-3-5-11-23)20-31(27)36(30)25-12-8-9-22(19-25)21-35/h3-20H,21,35H2,1-2H3. The molecule has 1 heterocycles. The minimum Gasteiger partial charge on any atom is -0.326 e. The van der Waals surface area contributed by atoms with Crippen molar-refractivity contribution >= 4 is 21.8 Å². The lowest BCUT2D eigenvalue weighted by Gasteiger charge is -2.21. The Balaban J connectivity index is 1.64. The van der Waals surface area contributed by atoms with Gasteiger partial charge in [0.2, 0.25) is 0 Å². The molecule has 0 fully saturated rings. The molecule has 2 nitrogen and oxygen atoms in total. The van der Waals surface area contributed by atoms with E-state index < -0.39 is 0 Å². The fraction of sp³-hybridized carbons (Fsp3) is 0.118. The second-order valence-corrected chi connectivity index (χ2v) is 10.4. The molecule has 0 unspecified atom stereocenters. The minimum atomic E-state index is -0.0298. The van der Waals surface area contributed by atoms with Crippen molar-refractivity contribution in [1.29, 1.82) is 0 Å². The fourth-order valence-corrected chi connectivity index (χ4v) is 6.21. The van der Waals surface area contributed by atoms with E-state index in [-0.39, 0.29) is 5.41 Å². The zero-order chi connectivity index (χ0) is 24.4. The summed E-state index contributed by atoms with van der Waals surface area (Å²) in [6.45, 7) is 5.22. The van der Waals surface area contributed by atoms with Crippen LogP contribution in [-0.2, 0) is 12.0 Å². The molecule has 1 aromatic heterocycles. The molecular weight excluding hydrogens is 436 g/mol. The zero-order valence-electron chi connectivity index (χ0n) is 20.6. The molecule has 0 spiro atoms. The molecule has 7 rings (SSSR count). The van der Waals surface area contributed by atoms with E-state index in [1.165, 1.54) is 55.2 Å². The van der Waals surface area contributed by atoms with Crippen LogP contribution in [0.15, 0.2) is 109 Å². The van der Waals surface area contributed by atoms with E-state index >= 15 is 0 Å². The van der Waals surface area contributed by atoms with E-state index in [0.29, 0.717) is 6.54 Å². The highest BCUT2D eigenvalue weighted by molar-refractivity contribution is 6.18. The molecule has 36 heavy (non-hydrogen) atoms. The summed E-state index contributed by atoms with van der Waals surface area (Å²) in [7, 11) is 0. The van der Waals surface area contributed by atoms with Crippen molar-refractivity contribution in [3.63, 3.8) is 0 Å². The van der Waals surface area contributed by atoms with Crippen molar-refractivity contribution in [3.8, 4) is 27.9 Å². The molecule has 0 amide bonds. The molecule has 2 heteroatoms. The predicted molar refractivity (Wildman–Crippen MR) is 152 cm³/mol. The van der Waals surface area contributed by atoms with Crippen LogP contribution in [-0.4, -0.2) is 4.57 Å². The third-order valence-electron chi connectivity index (χ3n) is 7.99. The first-order valence-corrected chi connectivity index (χ1v) is 12.6. The van der Waals surface area contributed by atoms with Crippen molar-refractivity contribution < 1.29 is 0 Å². The number of aromatic nitrogens is 1. The lowest BCUT2D eigenvalue weighted by atomic mass is 9.82. The van der Waals surface area contributed by atoms with Crippen LogP contribution in [0.2, 0.25) is 0 Å². The Labute approximate surface area is 211 Å². The number of hydrogen-bond donors (Lipinski definition) is 1. The monoisotopic (exact) mass is 464 g/mol. The summed E-state index contributed by atoms with van der Waals surface area (Å²) in [4.78, 5) is 0. The summed E-state index contributed by atoms with van der Waals surface area (Å²) in [6, 6.07) is 39.8. The van der Waals surface area contributed by atoms with Crippen molar-refractivity contribution in [2.75, 3.05) is 0 Å². The van der Waals surface area contributed by atoms with Gasteiger partial charge in [-0.1, -0.05) is 98.8 Å². The first-order valence-electron chi connectivity index (χ1n) is 12.6. The van der Waals surface area contributed by atoms with Crippen molar-refractivity contribution in [1.82, 2.24) is 4.57 Å². The highest BCUT2D eigenvalue weighted by Crippen LogP contribution is 2.53. The first kappa shape index (κ1) is 21.2. The molecule has 1 aliphatic rings. The Morgan fingerprint density at radius 1 is 0.667 bits per heavy atom. The average molecular weight is 465 g/mol. The second-order valence-electron chi connectivity index (χ2n) is 10.4. The third-order valence-corrected chi connectivity index (χ3v) is 7.99. The number of rotatable bonds is 3. The maximum Gasteiger partial charge on any atom is 0.0547 e. The smallest absolute Gasteiger partial charge is 0.0547 e. The molecule has 0 aliphatic heterocycles. The summed E-state index contributed by atoms with van der Waals surface area (Å²) in [5.74, 6) is 0. The van der Waals surface area contributed by atoms with Gasteiger partial charge in [0.1, 0.15) is 0 Å². The minimum absolute atomic E-state index is 0.0298. The quantitative estimate of drug-likeness (QED) is 0.281. The maximum atomic E-state index is 6.04. The summed E-state index contributed by atoms with van der Waals surface area (Å²) < 4.78 is 2.42. The van der Waals surface area contributed by atoms with Gasteiger partial charge in [-0.2, -0.15) is 0 Å². The van der Waals surface area contributed by atoms with Gasteiger partial charge < -0.3 is 10.3 Å². The van der Waals surface area contributed by atoms with E-state index in [2.05, 4.69) is 128 Å². The zero-order valence-corrected chi connectivity index (χ0v) is 20.6. The Kier molecular flexibility index (Phi) is 4.52. The van der Waals surface area contributed by atoms with Gasteiger partial charge in [0.25, 0.3) is 0 Å². The summed E-state index contributed by atoms with van der Waals surface area (Å²) in [5.41, 5.74) is 18.7. The molecular formula is C34H28N2. The number of fused-ring (bicyclic) bond motifs is 7. The fourth-order valence-electron chi connectivity index (χ4n) is 6.21. The molecule has 0 radical (unpaired) electrons. The molecule has 0 saturated heterocycles. The van der Waals surface area contributed by atoms with Crippen LogP contribution in [0.1, 0.15) is 30.5 Å². The second kappa shape index (κ2) is 7.68. The number of nitrogens with zero attached hydrogens (tertiary/aromatic N) is 1. The van der Waals surface area contributed by atoms with Crippen LogP contribution >= 0.6 is 0 Å². The Morgan fingerprint density at radius 2 is 1.47 bits per heavy atom. The van der Waals surface area contributed by atoms with Crippen LogP contribution in [0.4, 0.5) is 0 Å². The third kappa shape index (κ3) is 2.88. The number of hydrogen-bond acceptors (Lipinski definition) is 1. The molecule has 0 atom stereocenters. The topological polar surface area (TPSA) is 30.9 Å². The van der Waals surface area contributed by atoms with E-state index in [9.17, 15) is 0 Å². The van der Waals surface area contributed by atoms with Crippen LogP contribution in [0.25, 0.3) is 49.7 Å². The van der Waals surface area contributed by atoms with E-state index in [1.54, 1.807) is 0 Å². The van der Waals surface area contributed by atoms with Gasteiger partial charge in [0.05, 0.1) is 11.0 Å². The van der Waals surface area contributed by atoms with Gasteiger partial charge in [-0.3, -0.25) is 0 Å². The highest BCUT2D eigenvalue weighted by atomic mass is 15.0.